The van der Waals surface area contributed by atoms with Gasteiger partial charge in [0.25, 0.3) is 0 Å². The molecule has 0 amide bonds. The standard InChI is InChI=1S/C14H16ClN3.CH4/c1-3-4-5-12(10(2)15)11-8-13(16)14-17-6-7-18(14)9-11;/h4-9H,3,16H2,1-2H3;1H4/b5-4-,12-10-;. The van der Waals surface area contributed by atoms with Crippen LogP contribution in [0.2, 0.25) is 0 Å². The maximum atomic E-state index is 6.15. The van der Waals surface area contributed by atoms with Crippen LogP contribution in [0.3, 0.4) is 0 Å². The van der Waals surface area contributed by atoms with E-state index in [4.69, 9.17) is 17.3 Å². The molecule has 2 aromatic heterocycles. The van der Waals surface area contributed by atoms with Crippen molar-refractivity contribution < 1.29 is 0 Å². The number of pyridine rings is 1. The Morgan fingerprint density at radius 2 is 2.26 bits per heavy atom. The molecule has 0 bridgehead atoms. The Labute approximate surface area is 119 Å². The van der Waals surface area contributed by atoms with Crippen molar-refractivity contribution in [2.24, 2.45) is 0 Å². The highest BCUT2D eigenvalue weighted by molar-refractivity contribution is 6.32. The largest absolute Gasteiger partial charge is 0.396 e. The van der Waals surface area contributed by atoms with E-state index >= 15 is 0 Å². The zero-order chi connectivity index (χ0) is 13.1. The molecule has 0 radical (unpaired) electrons. The lowest BCUT2D eigenvalue weighted by Gasteiger charge is -2.07. The second kappa shape index (κ2) is 6.43. The molecule has 0 fully saturated rings. The summed E-state index contributed by atoms with van der Waals surface area (Å²) in [6.45, 7) is 3.97. The molecule has 0 aromatic carbocycles. The highest BCUT2D eigenvalue weighted by Gasteiger charge is 2.06. The second-order valence-corrected chi connectivity index (χ2v) is 4.67. The molecular formula is C15H20ClN3. The van der Waals surface area contributed by atoms with E-state index in [1.165, 1.54) is 0 Å². The topological polar surface area (TPSA) is 43.3 Å². The summed E-state index contributed by atoms with van der Waals surface area (Å²) in [5.74, 6) is 0. The first-order valence-electron chi connectivity index (χ1n) is 5.89. The Kier molecular flexibility index (Phi) is 5.19. The second-order valence-electron chi connectivity index (χ2n) is 4.10. The van der Waals surface area contributed by atoms with Crippen LogP contribution in [0.5, 0.6) is 0 Å². The molecular weight excluding hydrogens is 258 g/mol. The molecule has 0 aliphatic carbocycles. The minimum absolute atomic E-state index is 0. The number of imidazole rings is 1. The van der Waals surface area contributed by atoms with Crippen molar-refractivity contribution >= 4 is 28.5 Å². The monoisotopic (exact) mass is 277 g/mol. The van der Waals surface area contributed by atoms with Gasteiger partial charge in [0.1, 0.15) is 0 Å². The average Bonchev–Trinajstić information content (AvgIpc) is 2.78. The summed E-state index contributed by atoms with van der Waals surface area (Å²) in [7, 11) is 0. The molecule has 0 aliphatic heterocycles. The van der Waals surface area contributed by atoms with Crippen molar-refractivity contribution in [2.75, 3.05) is 5.73 Å². The van der Waals surface area contributed by atoms with Crippen LogP contribution in [0.1, 0.15) is 33.3 Å². The number of nitrogen functional groups attached to an aromatic ring is 1. The summed E-state index contributed by atoms with van der Waals surface area (Å²) in [5, 5.41) is 0.749. The molecule has 3 nitrogen and oxygen atoms in total. The predicted molar refractivity (Wildman–Crippen MR) is 84.2 cm³/mol. The molecule has 19 heavy (non-hydrogen) atoms. The summed E-state index contributed by atoms with van der Waals surface area (Å²) >= 11 is 6.15. The lowest BCUT2D eigenvalue weighted by molar-refractivity contribution is 1.18. The minimum atomic E-state index is 0. The molecule has 2 N–H and O–H groups in total. The van der Waals surface area contributed by atoms with Gasteiger partial charge in [0.15, 0.2) is 5.65 Å². The normalized spacial score (nSPS) is 12.6. The number of anilines is 1. The van der Waals surface area contributed by atoms with E-state index in [9.17, 15) is 0 Å². The molecule has 0 saturated carbocycles. The highest BCUT2D eigenvalue weighted by Crippen LogP contribution is 2.26. The molecule has 4 heteroatoms. The van der Waals surface area contributed by atoms with Crippen molar-refractivity contribution in [3.8, 4) is 0 Å². The first kappa shape index (κ1) is 15.3. The molecule has 102 valence electrons. The van der Waals surface area contributed by atoms with Crippen molar-refractivity contribution in [3.05, 3.63) is 47.4 Å². The van der Waals surface area contributed by atoms with E-state index in [2.05, 4.69) is 18.0 Å². The predicted octanol–water partition coefficient (Wildman–Crippen LogP) is 4.49. The molecule has 0 saturated heterocycles. The summed E-state index contributed by atoms with van der Waals surface area (Å²) in [5.41, 5.74) is 9.40. The third-order valence-electron chi connectivity index (χ3n) is 2.72. The molecule has 2 rings (SSSR count). The number of nitrogens with two attached hydrogens (primary N) is 1. The Morgan fingerprint density at radius 3 is 2.89 bits per heavy atom. The van der Waals surface area contributed by atoms with E-state index in [1.54, 1.807) is 6.20 Å². The lowest BCUT2D eigenvalue weighted by atomic mass is 10.1. The molecule has 0 unspecified atom stereocenters. The van der Waals surface area contributed by atoms with E-state index in [0.717, 1.165) is 28.2 Å². The van der Waals surface area contributed by atoms with Crippen LogP contribution < -0.4 is 5.73 Å². The van der Waals surface area contributed by atoms with Crippen LogP contribution in [0, 0.1) is 0 Å². The van der Waals surface area contributed by atoms with Gasteiger partial charge < -0.3 is 10.1 Å². The number of hydrogen-bond donors (Lipinski definition) is 1. The molecule has 0 spiro atoms. The van der Waals surface area contributed by atoms with Crippen LogP contribution in [-0.4, -0.2) is 9.38 Å². The number of rotatable bonds is 3. The SMILES string of the molecule is C.CC/C=C\C(=C(/C)Cl)c1cc(N)c2nccn2c1. The fourth-order valence-corrected chi connectivity index (χ4v) is 2.03. The lowest BCUT2D eigenvalue weighted by Crippen LogP contribution is -1.96. The summed E-state index contributed by atoms with van der Waals surface area (Å²) in [6, 6.07) is 1.91. The van der Waals surface area contributed by atoms with Crippen LogP contribution in [-0.2, 0) is 0 Å². The van der Waals surface area contributed by atoms with Crippen LogP contribution in [0.15, 0.2) is 41.8 Å². The van der Waals surface area contributed by atoms with Gasteiger partial charge in [-0.3, -0.25) is 0 Å². The fraction of sp³-hybridized carbons (Fsp3) is 0.267. The van der Waals surface area contributed by atoms with Gasteiger partial charge in [0.2, 0.25) is 0 Å². The number of allylic oxidation sites excluding steroid dienone is 4. The van der Waals surface area contributed by atoms with E-state index < -0.39 is 0 Å². The molecule has 0 aliphatic rings. The van der Waals surface area contributed by atoms with E-state index in [-0.39, 0.29) is 7.43 Å². The Morgan fingerprint density at radius 1 is 1.53 bits per heavy atom. The first-order valence-corrected chi connectivity index (χ1v) is 6.26. The highest BCUT2D eigenvalue weighted by atomic mass is 35.5. The fourth-order valence-electron chi connectivity index (χ4n) is 1.85. The maximum Gasteiger partial charge on any atom is 0.160 e. The van der Waals surface area contributed by atoms with Crippen molar-refractivity contribution in [3.63, 3.8) is 0 Å². The van der Waals surface area contributed by atoms with Crippen molar-refractivity contribution in [1.82, 2.24) is 9.38 Å². The van der Waals surface area contributed by atoms with Gasteiger partial charge in [-0.05, 0) is 25.0 Å². The number of nitrogens with zero attached hydrogens (tertiary/aromatic N) is 2. The quantitative estimate of drug-likeness (QED) is 0.840. The van der Waals surface area contributed by atoms with Crippen molar-refractivity contribution in [2.45, 2.75) is 27.7 Å². The van der Waals surface area contributed by atoms with Gasteiger partial charge >= 0.3 is 0 Å². The maximum absolute atomic E-state index is 6.15. The summed E-state index contributed by atoms with van der Waals surface area (Å²) in [4.78, 5) is 4.20. The molecule has 0 atom stereocenters. The average molecular weight is 278 g/mol. The number of fused-ring (bicyclic) bond motifs is 1. The summed E-state index contributed by atoms with van der Waals surface area (Å²) in [6.07, 6.45) is 10.7. The number of halogens is 1. The Bertz CT molecular complexity index is 619. The van der Waals surface area contributed by atoms with Gasteiger partial charge in [-0.2, -0.15) is 0 Å². The molecule has 2 aromatic rings. The zero-order valence-electron chi connectivity index (χ0n) is 10.5. The Balaban J connectivity index is 0.00000180. The third kappa shape index (κ3) is 3.18. The molecule has 2 heterocycles. The van der Waals surface area contributed by atoms with Crippen LogP contribution in [0.25, 0.3) is 11.2 Å². The summed E-state index contributed by atoms with van der Waals surface area (Å²) < 4.78 is 1.91. The van der Waals surface area contributed by atoms with Crippen molar-refractivity contribution in [1.29, 1.82) is 0 Å². The van der Waals surface area contributed by atoms with E-state index in [1.807, 2.05) is 35.9 Å². The first-order chi connectivity index (χ1) is 8.63. The minimum Gasteiger partial charge on any atom is -0.396 e. The van der Waals surface area contributed by atoms with Crippen LogP contribution in [0.4, 0.5) is 5.69 Å². The van der Waals surface area contributed by atoms with E-state index in [0.29, 0.717) is 5.69 Å². The number of hydrogen-bond acceptors (Lipinski definition) is 2. The zero-order valence-corrected chi connectivity index (χ0v) is 11.3. The third-order valence-corrected chi connectivity index (χ3v) is 2.92. The van der Waals surface area contributed by atoms with Gasteiger partial charge in [-0.1, -0.05) is 38.1 Å². The Hall–Kier alpha value is -1.74. The van der Waals surface area contributed by atoms with Gasteiger partial charge in [0, 0.05) is 29.2 Å². The number of aromatic nitrogens is 2. The van der Waals surface area contributed by atoms with Gasteiger partial charge in [-0.25, -0.2) is 4.98 Å². The van der Waals surface area contributed by atoms with Crippen LogP contribution >= 0.6 is 11.6 Å². The van der Waals surface area contributed by atoms with Gasteiger partial charge in [-0.15, -0.1) is 0 Å². The smallest absolute Gasteiger partial charge is 0.160 e. The van der Waals surface area contributed by atoms with Gasteiger partial charge in [0.05, 0.1) is 5.69 Å².